The summed E-state index contributed by atoms with van der Waals surface area (Å²) in [5.41, 5.74) is 1.18. The van der Waals surface area contributed by atoms with Gasteiger partial charge in [0.05, 0.1) is 20.0 Å². The van der Waals surface area contributed by atoms with Crippen LogP contribution in [-0.4, -0.2) is 82.2 Å². The Labute approximate surface area is 252 Å². The van der Waals surface area contributed by atoms with Crippen LogP contribution in [0.25, 0.3) is 0 Å². The molecule has 0 aliphatic rings. The van der Waals surface area contributed by atoms with Crippen molar-refractivity contribution in [3.8, 4) is 11.5 Å². The fraction of sp³-hybridized carbons (Fsp3) is 0.364. The normalized spacial score (nSPS) is 11.7. The molecule has 1 atom stereocenters. The summed E-state index contributed by atoms with van der Waals surface area (Å²) in [5, 5.41) is 33.8. The van der Waals surface area contributed by atoms with Gasteiger partial charge < -0.3 is 34.8 Å². The van der Waals surface area contributed by atoms with Crippen molar-refractivity contribution in [3.05, 3.63) is 95.6 Å². The molecule has 1 unspecified atom stereocenters. The number of aliphatic carboxylic acids is 3. The van der Waals surface area contributed by atoms with Gasteiger partial charge in [-0.1, -0.05) is 68.4 Å². The van der Waals surface area contributed by atoms with E-state index in [1.165, 1.54) is 16.7 Å². The molecule has 43 heavy (non-hydrogen) atoms. The molecule has 0 aromatic heterocycles. The van der Waals surface area contributed by atoms with Gasteiger partial charge in [-0.15, -0.1) is 0 Å². The smallest absolute Gasteiger partial charge is 0.336 e. The highest BCUT2D eigenvalue weighted by atomic mass is 16.5. The Morgan fingerprint density at radius 3 is 1.74 bits per heavy atom. The van der Waals surface area contributed by atoms with E-state index in [0.717, 1.165) is 44.2 Å². The molecule has 3 aromatic rings. The van der Waals surface area contributed by atoms with Crippen molar-refractivity contribution in [3.63, 3.8) is 0 Å². The number of carboxylic acid groups (broad SMARTS) is 3. The predicted octanol–water partition coefficient (Wildman–Crippen LogP) is 4.54. The van der Waals surface area contributed by atoms with Crippen molar-refractivity contribution < 1.29 is 44.3 Å². The number of rotatable bonds is 16. The van der Waals surface area contributed by atoms with Gasteiger partial charge in [0.15, 0.2) is 5.60 Å². The zero-order valence-electron chi connectivity index (χ0n) is 24.8. The summed E-state index contributed by atoms with van der Waals surface area (Å²) in [5.74, 6) is -2.90. The van der Waals surface area contributed by atoms with Crippen molar-refractivity contribution in [2.45, 2.75) is 44.6 Å². The Bertz CT molecular complexity index is 1260. The highest BCUT2D eigenvalue weighted by Crippen LogP contribution is 2.30. The summed E-state index contributed by atoms with van der Waals surface area (Å²) in [7, 11) is 1.70. The molecule has 0 spiro atoms. The zero-order valence-corrected chi connectivity index (χ0v) is 24.8. The van der Waals surface area contributed by atoms with Crippen LogP contribution in [0, 0.1) is 0 Å². The van der Waals surface area contributed by atoms with Crippen LogP contribution in [0.2, 0.25) is 0 Å². The molecule has 3 rings (SSSR count). The molecule has 0 amide bonds. The van der Waals surface area contributed by atoms with E-state index in [-0.39, 0.29) is 0 Å². The highest BCUT2D eigenvalue weighted by Gasteiger charge is 2.40. The number of hydrogen-bond acceptors (Lipinski definition) is 7. The monoisotopic (exact) mass is 595 g/mol. The van der Waals surface area contributed by atoms with Crippen LogP contribution in [0.4, 0.5) is 0 Å². The lowest BCUT2D eigenvalue weighted by molar-refractivity contribution is -0.170. The first-order chi connectivity index (χ1) is 20.5. The lowest BCUT2D eigenvalue weighted by Crippen LogP contribution is -2.42. The van der Waals surface area contributed by atoms with Crippen molar-refractivity contribution in [2.75, 3.05) is 33.4 Å². The van der Waals surface area contributed by atoms with Gasteiger partial charge in [0.25, 0.3) is 0 Å². The summed E-state index contributed by atoms with van der Waals surface area (Å²) in [6.07, 6.45) is -1.35. The minimum atomic E-state index is -2.74. The molecular weight excluding hydrogens is 554 g/mol. The molecule has 0 bridgehead atoms. The standard InChI is InChI=1S/C27H33NO2.C6H8O7/c1-4-28(5-2)19-20-30-26-17-13-24(14-18-26)27(23-9-7-6-8-10-23)21-22-11-15-25(29-3)16-12-22;7-3(8)1-6(13,5(11)12)2-4(9)10/h6-18,27H,4-5,19-21H2,1-3H3;13H,1-2H2,(H,7,8)(H,9,10)(H,11,12). The highest BCUT2D eigenvalue weighted by molar-refractivity contribution is 5.88. The molecule has 0 saturated carbocycles. The second-order valence-corrected chi connectivity index (χ2v) is 9.94. The van der Waals surface area contributed by atoms with Crippen LogP contribution in [-0.2, 0) is 20.8 Å². The van der Waals surface area contributed by atoms with Crippen molar-refractivity contribution in [1.82, 2.24) is 4.90 Å². The fourth-order valence-corrected chi connectivity index (χ4v) is 4.45. The second kappa shape index (κ2) is 17.5. The Morgan fingerprint density at radius 2 is 1.28 bits per heavy atom. The lowest BCUT2D eigenvalue weighted by atomic mass is 9.86. The Hall–Kier alpha value is -4.41. The van der Waals surface area contributed by atoms with Gasteiger partial charge in [0.1, 0.15) is 18.1 Å². The third kappa shape index (κ3) is 11.8. The number of aliphatic hydroxyl groups is 1. The molecule has 10 heteroatoms. The number of carboxylic acids is 3. The van der Waals surface area contributed by atoms with Gasteiger partial charge in [-0.05, 0) is 60.5 Å². The second-order valence-electron chi connectivity index (χ2n) is 9.94. The number of likely N-dealkylation sites (N-methyl/N-ethyl adjacent to an activating group) is 1. The van der Waals surface area contributed by atoms with Crippen molar-refractivity contribution in [2.24, 2.45) is 0 Å². The summed E-state index contributed by atoms with van der Waals surface area (Å²) in [6.45, 7) is 8.16. The maximum Gasteiger partial charge on any atom is 0.336 e. The Balaban J connectivity index is 0.000000420. The van der Waals surface area contributed by atoms with Crippen LogP contribution in [0.1, 0.15) is 49.3 Å². The molecule has 3 aromatic carbocycles. The maximum atomic E-state index is 10.3. The van der Waals surface area contributed by atoms with Crippen molar-refractivity contribution >= 4 is 17.9 Å². The molecule has 0 radical (unpaired) electrons. The molecule has 4 N–H and O–H groups in total. The van der Waals surface area contributed by atoms with Crippen LogP contribution >= 0.6 is 0 Å². The van der Waals surface area contributed by atoms with Gasteiger partial charge in [-0.2, -0.15) is 0 Å². The molecular formula is C33H41NO9. The largest absolute Gasteiger partial charge is 0.497 e. The lowest BCUT2D eigenvalue weighted by Gasteiger charge is -2.20. The number of carbonyl (C=O) groups is 3. The summed E-state index contributed by atoms with van der Waals surface area (Å²) < 4.78 is 11.3. The third-order valence-corrected chi connectivity index (χ3v) is 6.94. The molecule has 10 nitrogen and oxygen atoms in total. The maximum absolute atomic E-state index is 10.3. The predicted molar refractivity (Wildman–Crippen MR) is 162 cm³/mol. The minimum absolute atomic E-state index is 0.296. The van der Waals surface area contributed by atoms with Crippen LogP contribution < -0.4 is 9.47 Å². The summed E-state index contributed by atoms with van der Waals surface area (Å²) in [4.78, 5) is 32.9. The average molecular weight is 596 g/mol. The zero-order chi connectivity index (χ0) is 31.8. The molecule has 0 aliphatic heterocycles. The molecule has 232 valence electrons. The quantitative estimate of drug-likeness (QED) is 0.186. The van der Waals surface area contributed by atoms with E-state index in [1.807, 2.05) is 12.1 Å². The van der Waals surface area contributed by atoms with Crippen LogP contribution in [0.3, 0.4) is 0 Å². The number of hydrogen-bond donors (Lipinski definition) is 4. The first kappa shape index (κ1) is 34.8. The van der Waals surface area contributed by atoms with E-state index in [9.17, 15) is 14.4 Å². The summed E-state index contributed by atoms with van der Waals surface area (Å²) >= 11 is 0. The number of ether oxygens (including phenoxy) is 2. The van der Waals surface area contributed by atoms with Crippen molar-refractivity contribution in [1.29, 1.82) is 0 Å². The van der Waals surface area contributed by atoms with Gasteiger partial charge >= 0.3 is 17.9 Å². The Kier molecular flexibility index (Phi) is 14.2. The van der Waals surface area contributed by atoms with E-state index >= 15 is 0 Å². The molecule has 0 fully saturated rings. The number of benzene rings is 3. The minimum Gasteiger partial charge on any atom is -0.497 e. The van der Waals surface area contributed by atoms with E-state index in [4.69, 9.17) is 29.9 Å². The topological polar surface area (TPSA) is 154 Å². The van der Waals surface area contributed by atoms with E-state index in [2.05, 4.69) is 85.5 Å². The Morgan fingerprint density at radius 1 is 0.767 bits per heavy atom. The first-order valence-corrected chi connectivity index (χ1v) is 14.0. The molecule has 0 aliphatic carbocycles. The third-order valence-electron chi connectivity index (χ3n) is 6.94. The van der Waals surface area contributed by atoms with Crippen LogP contribution in [0.5, 0.6) is 11.5 Å². The van der Waals surface area contributed by atoms with E-state index in [0.29, 0.717) is 5.92 Å². The summed E-state index contributed by atoms with van der Waals surface area (Å²) in [6, 6.07) is 27.7. The molecule has 0 saturated heterocycles. The van der Waals surface area contributed by atoms with E-state index in [1.54, 1.807) is 7.11 Å². The SMILES string of the molecule is CCN(CC)CCOc1ccc(C(Cc2ccc(OC)cc2)c2ccccc2)cc1.O=C(O)CC(O)(CC(=O)O)C(=O)O. The van der Waals surface area contributed by atoms with Gasteiger partial charge in [-0.3, -0.25) is 9.59 Å². The average Bonchev–Trinajstić information content (AvgIpc) is 2.99. The fourth-order valence-electron chi connectivity index (χ4n) is 4.45. The number of nitrogens with zero attached hydrogens (tertiary/aromatic N) is 1. The van der Waals surface area contributed by atoms with Gasteiger partial charge in [-0.25, -0.2) is 4.79 Å². The van der Waals surface area contributed by atoms with E-state index < -0.39 is 36.4 Å². The number of methoxy groups -OCH3 is 1. The van der Waals surface area contributed by atoms with Gasteiger partial charge in [0.2, 0.25) is 0 Å². The van der Waals surface area contributed by atoms with Crippen LogP contribution in [0.15, 0.2) is 78.9 Å². The first-order valence-electron chi connectivity index (χ1n) is 14.0. The van der Waals surface area contributed by atoms with Gasteiger partial charge in [0, 0.05) is 12.5 Å². The molecule has 0 heterocycles.